The highest BCUT2D eigenvalue weighted by Crippen LogP contribution is 2.18. The van der Waals surface area contributed by atoms with Crippen LogP contribution in [-0.4, -0.2) is 24.5 Å². The van der Waals surface area contributed by atoms with Gasteiger partial charge in [0, 0.05) is 0 Å². The van der Waals surface area contributed by atoms with Gasteiger partial charge in [-0.2, -0.15) is 0 Å². The van der Waals surface area contributed by atoms with Gasteiger partial charge in [0.05, 0.1) is 13.0 Å². The van der Waals surface area contributed by atoms with Crippen LogP contribution < -0.4 is 5.32 Å². The van der Waals surface area contributed by atoms with Crippen LogP contribution in [0.2, 0.25) is 0 Å². The summed E-state index contributed by atoms with van der Waals surface area (Å²) in [4.78, 5) is 24.0. The van der Waals surface area contributed by atoms with Crippen LogP contribution in [0.4, 0.5) is 0 Å². The van der Waals surface area contributed by atoms with Gasteiger partial charge in [-0.15, -0.1) is 0 Å². The molecule has 4 nitrogen and oxygen atoms in total. The third-order valence-electron chi connectivity index (χ3n) is 3.52. The number of fused-ring (bicyclic) bond motifs is 1. The van der Waals surface area contributed by atoms with Crippen molar-refractivity contribution in [2.24, 2.45) is 5.92 Å². The summed E-state index contributed by atoms with van der Waals surface area (Å²) in [6.07, 6.45) is 0.239. The molecule has 0 aliphatic rings. The van der Waals surface area contributed by atoms with E-state index in [0.717, 1.165) is 16.3 Å². The highest BCUT2D eigenvalue weighted by Gasteiger charge is 2.18. The van der Waals surface area contributed by atoms with Gasteiger partial charge in [-0.05, 0) is 29.2 Å². The zero-order valence-corrected chi connectivity index (χ0v) is 13.8. The van der Waals surface area contributed by atoms with E-state index in [4.69, 9.17) is 4.74 Å². The first kappa shape index (κ1) is 17.0. The summed E-state index contributed by atoms with van der Waals surface area (Å²) < 4.78 is 5.13. The minimum absolute atomic E-state index is 0.185. The number of esters is 1. The molecule has 1 atom stereocenters. The number of hydrogen-bond donors (Lipinski definition) is 1. The van der Waals surface area contributed by atoms with Crippen molar-refractivity contribution < 1.29 is 14.3 Å². The van der Waals surface area contributed by atoms with Crippen molar-refractivity contribution >= 4 is 22.6 Å². The highest BCUT2D eigenvalue weighted by molar-refractivity contribution is 5.91. The monoisotopic (exact) mass is 313 g/mol. The molecule has 1 N–H and O–H groups in total. The van der Waals surface area contributed by atoms with Crippen molar-refractivity contribution in [1.82, 2.24) is 5.32 Å². The molecule has 1 amide bonds. The number of amides is 1. The summed E-state index contributed by atoms with van der Waals surface area (Å²) in [5.74, 6) is -0.308. The van der Waals surface area contributed by atoms with Crippen molar-refractivity contribution in [2.75, 3.05) is 6.61 Å². The third kappa shape index (κ3) is 4.81. The molecule has 0 aliphatic carbocycles. The van der Waals surface area contributed by atoms with Gasteiger partial charge in [0.2, 0.25) is 5.91 Å². The van der Waals surface area contributed by atoms with Crippen LogP contribution in [0.5, 0.6) is 0 Å². The molecule has 23 heavy (non-hydrogen) atoms. The molecule has 2 aromatic rings. The van der Waals surface area contributed by atoms with Gasteiger partial charge in [0.25, 0.3) is 0 Å². The Morgan fingerprint density at radius 2 is 1.74 bits per heavy atom. The molecule has 2 aromatic carbocycles. The van der Waals surface area contributed by atoms with Gasteiger partial charge in [-0.3, -0.25) is 4.79 Å². The van der Waals surface area contributed by atoms with Crippen LogP contribution in [0, 0.1) is 5.92 Å². The number of ether oxygens (including phenoxy) is 1. The van der Waals surface area contributed by atoms with Crippen LogP contribution >= 0.6 is 0 Å². The van der Waals surface area contributed by atoms with E-state index in [9.17, 15) is 9.59 Å². The fraction of sp³-hybridized carbons (Fsp3) is 0.368. The van der Waals surface area contributed by atoms with Crippen LogP contribution in [0.25, 0.3) is 10.8 Å². The lowest BCUT2D eigenvalue weighted by Crippen LogP contribution is -2.40. The second kappa shape index (κ2) is 7.77. The summed E-state index contributed by atoms with van der Waals surface area (Å²) in [6, 6.07) is 13.2. The SMILES string of the molecule is CC(C)COC(=O)[C@H](C)NC(=O)Cc1cccc2ccccc12. The third-order valence-corrected chi connectivity index (χ3v) is 3.52. The smallest absolute Gasteiger partial charge is 0.328 e. The average Bonchev–Trinajstić information content (AvgIpc) is 2.52. The van der Waals surface area contributed by atoms with E-state index in [1.807, 2.05) is 56.3 Å². The Kier molecular flexibility index (Phi) is 5.74. The van der Waals surface area contributed by atoms with E-state index in [-0.39, 0.29) is 18.2 Å². The number of carbonyl (C=O) groups is 2. The van der Waals surface area contributed by atoms with Crippen molar-refractivity contribution in [3.8, 4) is 0 Å². The van der Waals surface area contributed by atoms with Gasteiger partial charge < -0.3 is 10.1 Å². The van der Waals surface area contributed by atoms with Gasteiger partial charge in [-0.1, -0.05) is 56.3 Å². The molecular weight excluding hydrogens is 290 g/mol. The van der Waals surface area contributed by atoms with Gasteiger partial charge >= 0.3 is 5.97 Å². The van der Waals surface area contributed by atoms with E-state index in [1.165, 1.54) is 0 Å². The van der Waals surface area contributed by atoms with Crippen molar-refractivity contribution in [3.05, 3.63) is 48.0 Å². The highest BCUT2D eigenvalue weighted by atomic mass is 16.5. The molecule has 122 valence electrons. The van der Waals surface area contributed by atoms with E-state index in [1.54, 1.807) is 6.92 Å². The maximum Gasteiger partial charge on any atom is 0.328 e. The fourth-order valence-corrected chi connectivity index (χ4v) is 2.34. The van der Waals surface area contributed by atoms with E-state index in [0.29, 0.717) is 6.61 Å². The molecule has 0 saturated carbocycles. The van der Waals surface area contributed by atoms with Crippen molar-refractivity contribution in [2.45, 2.75) is 33.2 Å². The minimum atomic E-state index is -0.642. The first-order chi connectivity index (χ1) is 11.0. The zero-order valence-electron chi connectivity index (χ0n) is 13.8. The maximum absolute atomic E-state index is 12.2. The number of benzene rings is 2. The second-order valence-electron chi connectivity index (χ2n) is 6.13. The lowest BCUT2D eigenvalue weighted by atomic mass is 10.0. The maximum atomic E-state index is 12.2. The topological polar surface area (TPSA) is 55.4 Å². The molecule has 0 fully saturated rings. The van der Waals surface area contributed by atoms with E-state index < -0.39 is 12.0 Å². The van der Waals surface area contributed by atoms with E-state index >= 15 is 0 Å². The molecular formula is C19H23NO3. The number of hydrogen-bond acceptors (Lipinski definition) is 3. The predicted octanol–water partition coefficient (Wildman–Crippen LogP) is 3.09. The molecule has 0 unspecified atom stereocenters. The lowest BCUT2D eigenvalue weighted by Gasteiger charge is -2.15. The number of carbonyl (C=O) groups excluding carboxylic acids is 2. The van der Waals surface area contributed by atoms with Crippen molar-refractivity contribution in [1.29, 1.82) is 0 Å². The van der Waals surface area contributed by atoms with Gasteiger partial charge in [-0.25, -0.2) is 4.79 Å². The Labute approximate surface area is 136 Å². The first-order valence-electron chi connectivity index (χ1n) is 7.90. The lowest BCUT2D eigenvalue weighted by molar-refractivity contribution is -0.148. The van der Waals surface area contributed by atoms with Gasteiger partial charge in [0.1, 0.15) is 6.04 Å². The predicted molar refractivity (Wildman–Crippen MR) is 91.1 cm³/mol. The van der Waals surface area contributed by atoms with E-state index in [2.05, 4.69) is 5.32 Å². The molecule has 0 radical (unpaired) electrons. The van der Waals surface area contributed by atoms with Crippen LogP contribution in [-0.2, 0) is 20.7 Å². The molecule has 0 aromatic heterocycles. The first-order valence-corrected chi connectivity index (χ1v) is 7.90. The molecule has 0 aliphatic heterocycles. The summed E-state index contributed by atoms with van der Waals surface area (Å²) in [6.45, 7) is 5.94. The van der Waals surface area contributed by atoms with Crippen LogP contribution in [0.1, 0.15) is 26.3 Å². The Bertz CT molecular complexity index is 689. The Hall–Kier alpha value is -2.36. The number of nitrogens with one attached hydrogen (secondary N) is 1. The summed E-state index contributed by atoms with van der Waals surface area (Å²) >= 11 is 0. The summed E-state index contributed by atoms with van der Waals surface area (Å²) in [5.41, 5.74) is 0.948. The molecule has 0 heterocycles. The molecule has 0 saturated heterocycles. The second-order valence-corrected chi connectivity index (χ2v) is 6.13. The minimum Gasteiger partial charge on any atom is -0.464 e. The summed E-state index contributed by atoms with van der Waals surface area (Å²) in [7, 11) is 0. The molecule has 0 spiro atoms. The fourth-order valence-electron chi connectivity index (χ4n) is 2.34. The standard InChI is InChI=1S/C19H23NO3/c1-13(2)12-23-19(22)14(3)20-18(21)11-16-9-6-8-15-7-4-5-10-17(15)16/h4-10,13-14H,11-12H2,1-3H3,(H,20,21)/t14-/m0/s1. The van der Waals surface area contributed by atoms with Crippen LogP contribution in [0.15, 0.2) is 42.5 Å². The molecule has 4 heteroatoms. The Morgan fingerprint density at radius 1 is 1.04 bits per heavy atom. The molecule has 2 rings (SSSR count). The Morgan fingerprint density at radius 3 is 2.48 bits per heavy atom. The molecule has 0 bridgehead atoms. The Balaban J connectivity index is 1.97. The number of rotatable bonds is 6. The quantitative estimate of drug-likeness (QED) is 0.834. The average molecular weight is 313 g/mol. The normalized spacial score (nSPS) is 12.2. The largest absolute Gasteiger partial charge is 0.464 e. The van der Waals surface area contributed by atoms with Crippen LogP contribution in [0.3, 0.4) is 0 Å². The van der Waals surface area contributed by atoms with Crippen molar-refractivity contribution in [3.63, 3.8) is 0 Å². The summed E-state index contributed by atoms with van der Waals surface area (Å²) in [5, 5.41) is 4.86. The van der Waals surface area contributed by atoms with Gasteiger partial charge in [0.15, 0.2) is 0 Å². The zero-order chi connectivity index (χ0) is 16.8.